The van der Waals surface area contributed by atoms with Gasteiger partial charge in [0.2, 0.25) is 5.95 Å². The number of carboxylic acid groups (broad SMARTS) is 2. The first kappa shape index (κ1) is 29.0. The maximum atomic E-state index is 13.3. The van der Waals surface area contributed by atoms with Gasteiger partial charge in [-0.05, 0) is 19.1 Å². The predicted molar refractivity (Wildman–Crippen MR) is 136 cm³/mol. The first-order valence-electron chi connectivity index (χ1n) is 11.6. The monoisotopic (exact) mass is 549 g/mol. The molecule has 0 atom stereocenters. The predicted octanol–water partition coefficient (Wildman–Crippen LogP) is 1.51. The SMILES string of the molecule is CC#CCn1c(N2CCNCC2)nc2nc(CNc3ccccc3C(=O)O)n(C)c(=O)c21.O=C(O)C(F)(F)F. The number of hydrogen-bond acceptors (Lipinski definition) is 8. The molecule has 0 bridgehead atoms. The molecule has 1 aliphatic rings. The normalized spacial score (nSPS) is 13.2. The second-order valence-corrected chi connectivity index (χ2v) is 8.23. The molecule has 15 heteroatoms. The zero-order chi connectivity index (χ0) is 28.7. The summed E-state index contributed by atoms with van der Waals surface area (Å²) in [5.41, 5.74) is 1.17. The van der Waals surface area contributed by atoms with Gasteiger partial charge in [-0.25, -0.2) is 14.6 Å². The highest BCUT2D eigenvalue weighted by molar-refractivity contribution is 5.94. The molecule has 0 radical (unpaired) electrons. The summed E-state index contributed by atoms with van der Waals surface area (Å²) in [5.74, 6) is 3.28. The minimum atomic E-state index is -5.08. The van der Waals surface area contributed by atoms with Gasteiger partial charge < -0.3 is 25.7 Å². The van der Waals surface area contributed by atoms with Crippen LogP contribution in [-0.4, -0.2) is 73.6 Å². The van der Waals surface area contributed by atoms with Gasteiger partial charge in [0, 0.05) is 38.9 Å². The van der Waals surface area contributed by atoms with Crippen LogP contribution >= 0.6 is 0 Å². The maximum Gasteiger partial charge on any atom is 0.490 e. The minimum Gasteiger partial charge on any atom is -0.478 e. The number of carbonyl (C=O) groups is 2. The molecule has 1 aromatic carbocycles. The van der Waals surface area contributed by atoms with Gasteiger partial charge in [-0.1, -0.05) is 18.1 Å². The van der Waals surface area contributed by atoms with E-state index in [-0.39, 0.29) is 17.7 Å². The number of imidazole rings is 1. The molecule has 39 heavy (non-hydrogen) atoms. The van der Waals surface area contributed by atoms with Crippen molar-refractivity contribution in [3.63, 3.8) is 0 Å². The lowest BCUT2D eigenvalue weighted by molar-refractivity contribution is -0.192. The van der Waals surface area contributed by atoms with Crippen molar-refractivity contribution in [2.45, 2.75) is 26.2 Å². The van der Waals surface area contributed by atoms with Crippen LogP contribution in [0.3, 0.4) is 0 Å². The van der Waals surface area contributed by atoms with E-state index in [1.54, 1.807) is 32.2 Å². The number of halogens is 3. The number of benzene rings is 1. The molecule has 1 aliphatic heterocycles. The number of piperazine rings is 1. The molecule has 1 fully saturated rings. The van der Waals surface area contributed by atoms with E-state index in [2.05, 4.69) is 32.4 Å². The lowest BCUT2D eigenvalue weighted by Crippen LogP contribution is -2.44. The van der Waals surface area contributed by atoms with Gasteiger partial charge in [0.05, 0.1) is 18.7 Å². The van der Waals surface area contributed by atoms with Crippen LogP contribution in [0.1, 0.15) is 23.1 Å². The van der Waals surface area contributed by atoms with E-state index < -0.39 is 18.1 Å². The molecule has 0 spiro atoms. The molecule has 0 amide bonds. The van der Waals surface area contributed by atoms with Crippen molar-refractivity contribution in [2.24, 2.45) is 7.05 Å². The number of hydrogen-bond donors (Lipinski definition) is 4. The summed E-state index contributed by atoms with van der Waals surface area (Å²) in [6, 6.07) is 6.62. The van der Waals surface area contributed by atoms with E-state index >= 15 is 0 Å². The molecule has 1 saturated heterocycles. The standard InChI is InChI=1S/C22H25N7O3.C2HF3O2/c1-3-4-11-29-18-19(26-22(29)28-12-9-23-10-13-28)25-17(27(2)20(18)30)14-24-16-8-6-5-7-15(16)21(31)32;3-2(4,5)1(6)7/h5-8,23-24H,9-14H2,1-2H3,(H,31,32);(H,6,7). The molecule has 12 nitrogen and oxygen atoms in total. The Balaban J connectivity index is 0.000000532. The van der Waals surface area contributed by atoms with Gasteiger partial charge in [-0.2, -0.15) is 18.2 Å². The summed E-state index contributed by atoms with van der Waals surface area (Å²) < 4.78 is 35.0. The first-order valence-corrected chi connectivity index (χ1v) is 11.6. The van der Waals surface area contributed by atoms with Crippen LogP contribution in [0.4, 0.5) is 24.8 Å². The highest BCUT2D eigenvalue weighted by atomic mass is 19.4. The number of nitrogens with zero attached hydrogens (tertiary/aromatic N) is 5. The molecular formula is C24H26F3N7O5. The summed E-state index contributed by atoms with van der Waals surface area (Å²) in [6.07, 6.45) is -5.08. The Morgan fingerprint density at radius 2 is 1.79 bits per heavy atom. The highest BCUT2D eigenvalue weighted by Crippen LogP contribution is 2.21. The van der Waals surface area contributed by atoms with Crippen molar-refractivity contribution in [1.82, 2.24) is 24.4 Å². The lowest BCUT2D eigenvalue weighted by Gasteiger charge is -2.28. The van der Waals surface area contributed by atoms with Crippen LogP contribution in [0.2, 0.25) is 0 Å². The summed E-state index contributed by atoms with van der Waals surface area (Å²) >= 11 is 0. The Morgan fingerprint density at radius 3 is 2.38 bits per heavy atom. The van der Waals surface area contributed by atoms with Crippen molar-refractivity contribution in [3.8, 4) is 11.8 Å². The maximum absolute atomic E-state index is 13.3. The van der Waals surface area contributed by atoms with E-state index in [0.717, 1.165) is 26.2 Å². The second kappa shape index (κ2) is 12.3. The number of rotatable bonds is 6. The van der Waals surface area contributed by atoms with Crippen LogP contribution in [0.5, 0.6) is 0 Å². The van der Waals surface area contributed by atoms with E-state index in [9.17, 15) is 27.9 Å². The Kier molecular flexibility index (Phi) is 9.15. The number of aromatic nitrogens is 4. The molecule has 0 aliphatic carbocycles. The van der Waals surface area contributed by atoms with Gasteiger partial charge in [0.1, 0.15) is 5.82 Å². The zero-order valence-corrected chi connectivity index (χ0v) is 21.0. The largest absolute Gasteiger partial charge is 0.490 e. The van der Waals surface area contributed by atoms with Gasteiger partial charge in [0.25, 0.3) is 5.56 Å². The van der Waals surface area contributed by atoms with Crippen molar-refractivity contribution in [1.29, 1.82) is 0 Å². The fourth-order valence-corrected chi connectivity index (χ4v) is 3.76. The molecule has 0 saturated carbocycles. The van der Waals surface area contributed by atoms with Crippen molar-refractivity contribution >= 4 is 34.7 Å². The molecule has 0 unspecified atom stereocenters. The third-order valence-electron chi connectivity index (χ3n) is 5.71. The first-order chi connectivity index (χ1) is 18.5. The van der Waals surface area contributed by atoms with E-state index in [1.807, 2.05) is 4.57 Å². The number of aromatic carboxylic acids is 1. The van der Waals surface area contributed by atoms with Gasteiger partial charge in [0.15, 0.2) is 11.2 Å². The smallest absolute Gasteiger partial charge is 0.478 e. The highest BCUT2D eigenvalue weighted by Gasteiger charge is 2.38. The number of nitrogens with one attached hydrogen (secondary N) is 2. The van der Waals surface area contributed by atoms with Gasteiger partial charge in [-0.3, -0.25) is 13.9 Å². The topological polar surface area (TPSA) is 155 Å². The average molecular weight is 550 g/mol. The Bertz CT molecular complexity index is 1480. The van der Waals surface area contributed by atoms with Crippen molar-refractivity contribution in [2.75, 3.05) is 36.4 Å². The van der Waals surface area contributed by atoms with Crippen LogP contribution in [-0.2, 0) is 24.9 Å². The number of carboxylic acids is 2. The number of anilines is 2. The Labute approximate surface area is 220 Å². The summed E-state index contributed by atoms with van der Waals surface area (Å²) in [6.45, 7) is 5.54. The fraction of sp³-hybridized carbons (Fsp3) is 0.375. The molecule has 4 rings (SSSR count). The molecule has 2 aromatic heterocycles. The molecule has 3 aromatic rings. The van der Waals surface area contributed by atoms with Crippen molar-refractivity contribution in [3.05, 3.63) is 46.0 Å². The quantitative estimate of drug-likeness (QED) is 0.333. The third kappa shape index (κ3) is 6.85. The fourth-order valence-electron chi connectivity index (χ4n) is 3.76. The average Bonchev–Trinajstić information content (AvgIpc) is 3.27. The number of alkyl halides is 3. The van der Waals surface area contributed by atoms with Crippen LogP contribution in [0, 0.1) is 11.8 Å². The second-order valence-electron chi connectivity index (χ2n) is 8.23. The van der Waals surface area contributed by atoms with Crippen molar-refractivity contribution < 1.29 is 33.0 Å². The molecule has 3 heterocycles. The Hall–Kier alpha value is -4.58. The van der Waals surface area contributed by atoms with Gasteiger partial charge in [-0.15, -0.1) is 5.92 Å². The van der Waals surface area contributed by atoms with Crippen LogP contribution in [0.15, 0.2) is 29.1 Å². The van der Waals surface area contributed by atoms with E-state index in [1.165, 1.54) is 10.6 Å². The summed E-state index contributed by atoms with van der Waals surface area (Å²) in [7, 11) is 1.65. The van der Waals surface area contributed by atoms with E-state index in [4.69, 9.17) is 14.9 Å². The molecular weight excluding hydrogens is 523 g/mol. The minimum absolute atomic E-state index is 0.155. The van der Waals surface area contributed by atoms with Crippen LogP contribution in [0.25, 0.3) is 11.2 Å². The number of para-hydroxylation sites is 1. The summed E-state index contributed by atoms with van der Waals surface area (Å²) in [5, 5.41) is 22.9. The number of fused-ring (bicyclic) bond motifs is 1. The van der Waals surface area contributed by atoms with Gasteiger partial charge >= 0.3 is 18.1 Å². The number of aliphatic carboxylic acids is 1. The van der Waals surface area contributed by atoms with Crippen LogP contribution < -0.4 is 21.1 Å². The lowest BCUT2D eigenvalue weighted by atomic mass is 10.2. The molecule has 4 N–H and O–H groups in total. The zero-order valence-electron chi connectivity index (χ0n) is 21.0. The Morgan fingerprint density at radius 1 is 1.15 bits per heavy atom. The third-order valence-corrected chi connectivity index (χ3v) is 5.71. The molecule has 208 valence electrons. The summed E-state index contributed by atoms with van der Waals surface area (Å²) in [4.78, 5) is 45.1. The van der Waals surface area contributed by atoms with E-state index in [0.29, 0.717) is 35.2 Å².